The Labute approximate surface area is 87.9 Å². The van der Waals surface area contributed by atoms with Gasteiger partial charge in [0.25, 0.3) is 0 Å². The zero-order chi connectivity index (χ0) is 9.54. The molecule has 1 aliphatic carbocycles. The van der Waals surface area contributed by atoms with Gasteiger partial charge in [0.15, 0.2) is 0 Å². The van der Waals surface area contributed by atoms with Gasteiger partial charge in [0.05, 0.1) is 5.02 Å². The summed E-state index contributed by atoms with van der Waals surface area (Å²) in [4.78, 5) is 8.62. The zero-order valence-corrected chi connectivity index (χ0v) is 8.54. The molecule has 3 atom stereocenters. The Kier molecular flexibility index (Phi) is 1.96. The highest BCUT2D eigenvalue weighted by Gasteiger charge is 2.41. The normalized spacial score (nSPS) is 35.1. The number of nitrogens with one attached hydrogen (secondary N) is 1. The fourth-order valence-corrected chi connectivity index (χ4v) is 2.76. The van der Waals surface area contributed by atoms with Crippen LogP contribution in [-0.4, -0.2) is 22.6 Å². The number of piperidine rings is 1. The van der Waals surface area contributed by atoms with Crippen LogP contribution >= 0.6 is 11.6 Å². The Balaban J connectivity index is 1.86. The molecule has 0 spiro atoms. The van der Waals surface area contributed by atoms with E-state index in [1.165, 1.54) is 12.8 Å². The molecule has 3 nitrogen and oxygen atoms in total. The number of aromatic nitrogens is 2. The molecule has 0 radical (unpaired) electrons. The number of fused-ring (bicyclic) bond motifs is 2. The van der Waals surface area contributed by atoms with E-state index in [0.717, 1.165) is 18.3 Å². The summed E-state index contributed by atoms with van der Waals surface area (Å²) in [6.07, 6.45) is 5.87. The van der Waals surface area contributed by atoms with Crippen molar-refractivity contribution in [2.24, 2.45) is 5.92 Å². The lowest BCUT2D eigenvalue weighted by molar-refractivity contribution is 0.425. The summed E-state index contributed by atoms with van der Waals surface area (Å²) >= 11 is 5.76. The van der Waals surface area contributed by atoms with Crippen LogP contribution in [0.1, 0.15) is 24.6 Å². The third-order valence-corrected chi connectivity index (χ3v) is 3.53. The van der Waals surface area contributed by atoms with Crippen LogP contribution in [0.15, 0.2) is 12.4 Å². The third-order valence-electron chi connectivity index (χ3n) is 3.34. The van der Waals surface area contributed by atoms with Crippen LogP contribution in [0.3, 0.4) is 0 Å². The van der Waals surface area contributed by atoms with Crippen molar-refractivity contribution in [3.8, 4) is 0 Å². The van der Waals surface area contributed by atoms with E-state index in [1.807, 2.05) is 0 Å². The Morgan fingerprint density at radius 2 is 2.07 bits per heavy atom. The predicted molar refractivity (Wildman–Crippen MR) is 54.3 cm³/mol. The van der Waals surface area contributed by atoms with E-state index in [-0.39, 0.29) is 0 Å². The van der Waals surface area contributed by atoms with Crippen molar-refractivity contribution >= 4 is 11.6 Å². The molecular formula is C10H12ClN3. The van der Waals surface area contributed by atoms with Crippen LogP contribution < -0.4 is 5.32 Å². The fraction of sp³-hybridized carbons (Fsp3) is 0.600. The number of hydrogen-bond acceptors (Lipinski definition) is 3. The Morgan fingerprint density at radius 1 is 1.29 bits per heavy atom. The Morgan fingerprint density at radius 3 is 2.64 bits per heavy atom. The van der Waals surface area contributed by atoms with E-state index in [1.54, 1.807) is 12.4 Å². The largest absolute Gasteiger partial charge is 0.314 e. The van der Waals surface area contributed by atoms with Crippen molar-refractivity contribution in [1.82, 2.24) is 15.3 Å². The Hall–Kier alpha value is -0.670. The van der Waals surface area contributed by atoms with Gasteiger partial charge in [-0.05, 0) is 25.3 Å². The van der Waals surface area contributed by atoms with E-state index in [9.17, 15) is 0 Å². The summed E-state index contributed by atoms with van der Waals surface area (Å²) in [5, 5.41) is 4.11. The van der Waals surface area contributed by atoms with Crippen LogP contribution in [-0.2, 0) is 0 Å². The summed E-state index contributed by atoms with van der Waals surface area (Å²) in [5.41, 5.74) is 0. The first-order chi connectivity index (χ1) is 6.83. The molecule has 0 amide bonds. The molecule has 1 aliphatic heterocycles. The van der Waals surface area contributed by atoms with Crippen LogP contribution in [0.2, 0.25) is 5.02 Å². The lowest BCUT2D eigenvalue weighted by Gasteiger charge is -2.20. The molecule has 2 heterocycles. The highest BCUT2D eigenvalue weighted by molar-refractivity contribution is 6.30. The van der Waals surface area contributed by atoms with Gasteiger partial charge in [0, 0.05) is 24.4 Å². The molecule has 1 N–H and O–H groups in total. The van der Waals surface area contributed by atoms with Gasteiger partial charge in [0.1, 0.15) is 5.82 Å². The maximum Gasteiger partial charge on any atom is 0.131 e. The van der Waals surface area contributed by atoms with Gasteiger partial charge in [0.2, 0.25) is 0 Å². The summed E-state index contributed by atoms with van der Waals surface area (Å²) < 4.78 is 0. The minimum absolute atomic E-state index is 0.554. The standard InChI is InChI=1S/C10H12ClN3/c11-7-4-13-10(14-5-7)9-2-8-1-6(9)3-12-8/h4-6,8-9,12H,1-3H2. The van der Waals surface area contributed by atoms with Crippen molar-refractivity contribution in [2.75, 3.05) is 6.54 Å². The Bertz CT molecular complexity index is 338. The van der Waals surface area contributed by atoms with Gasteiger partial charge in [-0.25, -0.2) is 9.97 Å². The second-order valence-corrected chi connectivity index (χ2v) is 4.64. The molecule has 1 saturated carbocycles. The van der Waals surface area contributed by atoms with Crippen molar-refractivity contribution in [2.45, 2.75) is 24.8 Å². The quantitative estimate of drug-likeness (QED) is 0.764. The molecule has 2 bridgehead atoms. The third kappa shape index (κ3) is 1.31. The number of rotatable bonds is 1. The number of halogens is 1. The van der Waals surface area contributed by atoms with Gasteiger partial charge in [-0.1, -0.05) is 11.6 Å². The van der Waals surface area contributed by atoms with E-state index < -0.39 is 0 Å². The molecule has 2 fully saturated rings. The van der Waals surface area contributed by atoms with E-state index in [2.05, 4.69) is 15.3 Å². The molecule has 4 heteroatoms. The second kappa shape index (κ2) is 3.17. The first-order valence-electron chi connectivity index (χ1n) is 5.04. The van der Waals surface area contributed by atoms with Crippen LogP contribution in [0.25, 0.3) is 0 Å². The molecule has 1 aromatic rings. The number of nitrogens with zero attached hydrogens (tertiary/aromatic N) is 2. The van der Waals surface area contributed by atoms with E-state index >= 15 is 0 Å². The van der Waals surface area contributed by atoms with Crippen LogP contribution in [0, 0.1) is 5.92 Å². The summed E-state index contributed by atoms with van der Waals surface area (Å²) in [6.45, 7) is 1.13. The molecule has 2 aliphatic rings. The molecule has 1 aromatic heterocycles. The van der Waals surface area contributed by atoms with E-state index in [4.69, 9.17) is 11.6 Å². The SMILES string of the molecule is Clc1cnc(C2CC3CC2CN3)nc1. The van der Waals surface area contributed by atoms with Gasteiger partial charge in [-0.15, -0.1) is 0 Å². The monoisotopic (exact) mass is 209 g/mol. The van der Waals surface area contributed by atoms with Crippen LogP contribution in [0.5, 0.6) is 0 Å². The molecule has 14 heavy (non-hydrogen) atoms. The first-order valence-corrected chi connectivity index (χ1v) is 5.41. The van der Waals surface area contributed by atoms with Gasteiger partial charge < -0.3 is 5.32 Å². The van der Waals surface area contributed by atoms with Gasteiger partial charge >= 0.3 is 0 Å². The molecule has 0 aromatic carbocycles. The smallest absolute Gasteiger partial charge is 0.131 e. The maximum absolute atomic E-state index is 5.76. The van der Waals surface area contributed by atoms with Crippen molar-refractivity contribution in [3.63, 3.8) is 0 Å². The summed E-state index contributed by atoms with van der Waals surface area (Å²) in [5.74, 6) is 2.27. The molecule has 3 unspecified atom stereocenters. The van der Waals surface area contributed by atoms with E-state index in [0.29, 0.717) is 17.0 Å². The summed E-state index contributed by atoms with van der Waals surface area (Å²) in [7, 11) is 0. The lowest BCUT2D eigenvalue weighted by atomic mass is 9.94. The number of hydrogen-bond donors (Lipinski definition) is 1. The first kappa shape index (κ1) is 8.62. The van der Waals surface area contributed by atoms with Crippen LogP contribution in [0.4, 0.5) is 0 Å². The second-order valence-electron chi connectivity index (χ2n) is 4.20. The average molecular weight is 210 g/mol. The highest BCUT2D eigenvalue weighted by atomic mass is 35.5. The lowest BCUT2D eigenvalue weighted by Crippen LogP contribution is -2.29. The van der Waals surface area contributed by atoms with Gasteiger partial charge in [-0.3, -0.25) is 0 Å². The minimum Gasteiger partial charge on any atom is -0.314 e. The summed E-state index contributed by atoms with van der Waals surface area (Å²) in [6, 6.07) is 0.698. The average Bonchev–Trinajstić information content (AvgIpc) is 2.80. The highest BCUT2D eigenvalue weighted by Crippen LogP contribution is 2.41. The predicted octanol–water partition coefficient (Wildman–Crippen LogP) is 1.60. The topological polar surface area (TPSA) is 37.8 Å². The maximum atomic E-state index is 5.76. The van der Waals surface area contributed by atoms with Gasteiger partial charge in [-0.2, -0.15) is 0 Å². The minimum atomic E-state index is 0.554. The van der Waals surface area contributed by atoms with Crippen molar-refractivity contribution in [3.05, 3.63) is 23.2 Å². The molecule has 74 valence electrons. The van der Waals surface area contributed by atoms with Crippen molar-refractivity contribution < 1.29 is 0 Å². The molecule has 1 saturated heterocycles. The van der Waals surface area contributed by atoms with Crippen molar-refractivity contribution in [1.29, 1.82) is 0 Å². The zero-order valence-electron chi connectivity index (χ0n) is 7.78. The molecular weight excluding hydrogens is 198 g/mol. The fourth-order valence-electron chi connectivity index (χ4n) is 2.67. The molecule has 3 rings (SSSR count).